The van der Waals surface area contributed by atoms with Gasteiger partial charge in [0.25, 0.3) is 0 Å². The number of aliphatic hydroxyl groups is 2. The lowest BCUT2D eigenvalue weighted by molar-refractivity contribution is -0.201. The third kappa shape index (κ3) is 5.03. The van der Waals surface area contributed by atoms with Crippen molar-refractivity contribution in [3.63, 3.8) is 0 Å². The number of Topliss-reactive ketones (excluding diaryl/α,β-unsaturated/α-hetero) is 1. The predicted molar refractivity (Wildman–Crippen MR) is 173 cm³/mol. The molecule has 0 unspecified atom stereocenters. The minimum Gasteiger partial charge on any atom is -0.398 e. The van der Waals surface area contributed by atoms with E-state index in [9.17, 15) is 34.2 Å². The zero-order valence-corrected chi connectivity index (χ0v) is 28.1. The van der Waals surface area contributed by atoms with E-state index in [2.05, 4.69) is 6.92 Å². The number of nitrogens with zero attached hydrogens (tertiary/aromatic N) is 1. The highest BCUT2D eigenvalue weighted by Crippen LogP contribution is 2.70. The summed E-state index contributed by atoms with van der Waals surface area (Å²) in [5.41, 5.74) is 7.70. The van der Waals surface area contributed by atoms with E-state index >= 15 is 0 Å². The zero-order valence-electron chi connectivity index (χ0n) is 27.2. The highest BCUT2D eigenvalue weighted by molar-refractivity contribution is 7.46. The number of benzene rings is 1. The summed E-state index contributed by atoms with van der Waals surface area (Å²) in [6.45, 7) is 2.98. The standard InChI is InChI=1S/C35H43N2O10P/c1-33-11-10-23(39)14-21(33)6-8-24-25-15-30-35(29(41)18-45-48(42,43)44,34(25,2)16-28(40)31(24)33)47-32(46-30)27-9-7-22(37(27)3)12-19-4-5-20(17-38)26(36)13-19/h4-5,7,9-11,13-14,24-25,28,30-32,38,40H,6,8,12,15-18,36H2,1-3H3,(H2,42,43,44)/t24-,25-,28-,30+,31+,32+,33-,34-,35+/m0/s1. The molecule has 0 radical (unpaired) electrons. The number of allylic oxidation sites excluding steroid dienone is 4. The van der Waals surface area contributed by atoms with Crippen molar-refractivity contribution in [1.29, 1.82) is 0 Å². The Kier molecular flexibility index (Phi) is 8.09. The second-order valence-corrected chi connectivity index (χ2v) is 15.9. The summed E-state index contributed by atoms with van der Waals surface area (Å²) in [7, 11) is -3.11. The number of hydrogen-bond acceptors (Lipinski definition) is 9. The molecule has 4 fully saturated rings. The van der Waals surface area contributed by atoms with Gasteiger partial charge < -0.3 is 39.8 Å². The van der Waals surface area contributed by atoms with Crippen LogP contribution in [0.4, 0.5) is 5.69 Å². The fourth-order valence-corrected chi connectivity index (χ4v) is 10.3. The van der Waals surface area contributed by atoms with E-state index in [1.54, 1.807) is 18.2 Å². The quantitative estimate of drug-likeness (QED) is 0.203. The summed E-state index contributed by atoms with van der Waals surface area (Å²) in [5.74, 6) is -1.01. The molecule has 1 aromatic carbocycles. The second kappa shape index (κ2) is 11.6. The summed E-state index contributed by atoms with van der Waals surface area (Å²) >= 11 is 0. The lowest BCUT2D eigenvalue weighted by atomic mass is 9.46. The Labute approximate surface area is 278 Å². The predicted octanol–water partition coefficient (Wildman–Crippen LogP) is 3.41. The first-order chi connectivity index (χ1) is 22.6. The molecule has 1 aliphatic heterocycles. The van der Waals surface area contributed by atoms with Crippen molar-refractivity contribution in [2.24, 2.45) is 35.6 Å². The largest absolute Gasteiger partial charge is 0.470 e. The summed E-state index contributed by atoms with van der Waals surface area (Å²) < 4.78 is 31.8. The van der Waals surface area contributed by atoms with Crippen molar-refractivity contribution >= 4 is 25.1 Å². The van der Waals surface area contributed by atoms with Crippen LogP contribution in [0.25, 0.3) is 0 Å². The van der Waals surface area contributed by atoms with Crippen LogP contribution in [-0.2, 0) is 48.2 Å². The maximum absolute atomic E-state index is 14.3. The van der Waals surface area contributed by atoms with Gasteiger partial charge in [0, 0.05) is 47.2 Å². The van der Waals surface area contributed by atoms with Crippen molar-refractivity contribution < 1.29 is 48.2 Å². The Morgan fingerprint density at radius 3 is 2.69 bits per heavy atom. The molecule has 4 aliphatic carbocycles. The van der Waals surface area contributed by atoms with Crippen molar-refractivity contribution in [2.45, 2.75) is 76.7 Å². The van der Waals surface area contributed by atoms with Crippen LogP contribution in [-0.4, -0.2) is 60.5 Å². The van der Waals surface area contributed by atoms with Crippen molar-refractivity contribution in [3.05, 3.63) is 76.6 Å². The first kappa shape index (κ1) is 33.6. The van der Waals surface area contributed by atoms with Gasteiger partial charge in [-0.15, -0.1) is 0 Å². The number of nitrogens with two attached hydrogens (primary N) is 1. The number of nitrogen functional groups attached to an aromatic ring is 1. The topological polar surface area (TPSA) is 191 Å². The number of carbonyl (C=O) groups excluding carboxylic acids is 2. The molecule has 0 amide bonds. The van der Waals surface area contributed by atoms with Crippen LogP contribution in [0.2, 0.25) is 0 Å². The van der Waals surface area contributed by atoms with Crippen LogP contribution < -0.4 is 5.73 Å². The summed E-state index contributed by atoms with van der Waals surface area (Å²) in [6.07, 6.45) is 5.20. The molecule has 9 atom stereocenters. The number of aliphatic hydroxyl groups excluding tert-OH is 2. The number of fused-ring (bicyclic) bond motifs is 7. The van der Waals surface area contributed by atoms with Crippen LogP contribution in [0.1, 0.15) is 68.3 Å². The Bertz CT molecular complexity index is 1780. The number of rotatable bonds is 8. The monoisotopic (exact) mass is 682 g/mol. The molecule has 13 heteroatoms. The maximum Gasteiger partial charge on any atom is 0.470 e. The number of aromatic nitrogens is 1. The fraction of sp³-hybridized carbons (Fsp3) is 0.543. The molecule has 0 bridgehead atoms. The van der Waals surface area contributed by atoms with Crippen LogP contribution in [0.5, 0.6) is 0 Å². The minimum absolute atomic E-state index is 0.0197. The van der Waals surface area contributed by atoms with E-state index in [-0.39, 0.29) is 36.6 Å². The van der Waals surface area contributed by atoms with Gasteiger partial charge in [0.15, 0.2) is 17.2 Å². The minimum atomic E-state index is -4.98. The molecule has 258 valence electrons. The van der Waals surface area contributed by atoms with E-state index in [4.69, 9.17) is 19.7 Å². The highest BCUT2D eigenvalue weighted by Gasteiger charge is 2.76. The smallest absolute Gasteiger partial charge is 0.398 e. The molecule has 7 rings (SSSR count). The molecule has 48 heavy (non-hydrogen) atoms. The normalized spacial score (nSPS) is 37.1. The molecule has 2 heterocycles. The van der Waals surface area contributed by atoms with Crippen molar-refractivity contribution in [1.82, 2.24) is 4.57 Å². The number of carbonyl (C=O) groups is 2. The number of anilines is 1. The van der Waals surface area contributed by atoms with Crippen molar-refractivity contribution in [2.75, 3.05) is 12.3 Å². The fourth-order valence-electron chi connectivity index (χ4n) is 10.0. The first-order valence-corrected chi connectivity index (χ1v) is 18.0. The Balaban J connectivity index is 1.22. The molecule has 1 saturated heterocycles. The van der Waals surface area contributed by atoms with Gasteiger partial charge >= 0.3 is 7.82 Å². The molecular weight excluding hydrogens is 639 g/mol. The van der Waals surface area contributed by atoms with Gasteiger partial charge in [-0.1, -0.05) is 37.6 Å². The number of ether oxygens (including phenoxy) is 2. The van der Waals surface area contributed by atoms with Gasteiger partial charge in [-0.25, -0.2) is 4.57 Å². The SMILES string of the molecule is Cn1c(Cc2ccc(CO)c(N)c2)ccc1[C@@H]1O[C@@H]2C[C@H]3[C@@H]4CCC5=CC(=O)C=C[C@]5(C)[C@H]4[C@@H](O)C[C@]3(C)[C@]2(C(=O)COP(=O)(O)O)O1. The van der Waals surface area contributed by atoms with Gasteiger partial charge in [0.1, 0.15) is 6.61 Å². The summed E-state index contributed by atoms with van der Waals surface area (Å²) in [5, 5.41) is 21.4. The van der Waals surface area contributed by atoms with Crippen LogP contribution in [0.3, 0.4) is 0 Å². The Morgan fingerprint density at radius 1 is 1.21 bits per heavy atom. The Hall–Kier alpha value is -2.93. The lowest BCUT2D eigenvalue weighted by Gasteiger charge is -2.59. The van der Waals surface area contributed by atoms with Gasteiger partial charge in [-0.3, -0.25) is 14.1 Å². The maximum atomic E-state index is 14.3. The van der Waals surface area contributed by atoms with E-state index in [1.807, 2.05) is 48.9 Å². The molecule has 1 aromatic heterocycles. The van der Waals surface area contributed by atoms with Gasteiger partial charge in [0.2, 0.25) is 6.29 Å². The van der Waals surface area contributed by atoms with E-state index < -0.39 is 55.1 Å². The van der Waals surface area contributed by atoms with Gasteiger partial charge in [-0.2, -0.15) is 0 Å². The highest BCUT2D eigenvalue weighted by atomic mass is 31.2. The Morgan fingerprint density at radius 2 is 1.98 bits per heavy atom. The number of ketones is 2. The molecule has 2 aromatic rings. The van der Waals surface area contributed by atoms with E-state index in [1.165, 1.54) is 0 Å². The van der Waals surface area contributed by atoms with Gasteiger partial charge in [-0.05, 0) is 73.4 Å². The average molecular weight is 683 g/mol. The van der Waals surface area contributed by atoms with Crippen LogP contribution in [0.15, 0.2) is 54.1 Å². The molecule has 12 nitrogen and oxygen atoms in total. The first-order valence-electron chi connectivity index (χ1n) is 16.4. The molecule has 0 spiro atoms. The molecular formula is C35H43N2O10P. The average Bonchev–Trinajstić information content (AvgIpc) is 3.65. The molecule has 6 N–H and O–H groups in total. The second-order valence-electron chi connectivity index (χ2n) is 14.6. The summed E-state index contributed by atoms with van der Waals surface area (Å²) in [4.78, 5) is 45.5. The number of phosphoric acid groups is 1. The van der Waals surface area contributed by atoms with Crippen molar-refractivity contribution in [3.8, 4) is 0 Å². The van der Waals surface area contributed by atoms with Crippen LogP contribution >= 0.6 is 7.82 Å². The van der Waals surface area contributed by atoms with Crippen LogP contribution in [0, 0.1) is 28.6 Å². The number of hydrogen-bond donors (Lipinski definition) is 5. The third-order valence-electron chi connectivity index (χ3n) is 12.3. The third-order valence-corrected chi connectivity index (χ3v) is 12.8. The number of phosphoric ester groups is 1. The lowest BCUT2D eigenvalue weighted by Crippen LogP contribution is -2.63. The molecule has 5 aliphatic rings. The summed E-state index contributed by atoms with van der Waals surface area (Å²) in [6, 6.07) is 9.34. The molecule has 3 saturated carbocycles. The van der Waals surface area contributed by atoms with E-state index in [0.29, 0.717) is 36.2 Å². The van der Waals surface area contributed by atoms with E-state index in [0.717, 1.165) is 23.3 Å². The van der Waals surface area contributed by atoms with Gasteiger partial charge in [0.05, 0.1) is 24.5 Å². The zero-order chi connectivity index (χ0) is 34.4.